The van der Waals surface area contributed by atoms with Crippen molar-refractivity contribution in [1.82, 2.24) is 4.90 Å². The van der Waals surface area contributed by atoms with Crippen LogP contribution in [0.2, 0.25) is 0 Å². The number of ether oxygens (including phenoxy) is 4. The molecule has 7 rings (SSSR count). The lowest BCUT2D eigenvalue weighted by Gasteiger charge is -2.59. The summed E-state index contributed by atoms with van der Waals surface area (Å²) in [6.07, 6.45) is 11.8. The van der Waals surface area contributed by atoms with Crippen LogP contribution < -0.4 is 0 Å². The Balaban J connectivity index is 0.00000205. The number of amides is 1. The Kier molecular flexibility index (Phi) is 9.64. The first kappa shape index (κ1) is 37.4. The summed E-state index contributed by atoms with van der Waals surface area (Å²) in [4.78, 5) is 27.7. The minimum Gasteiger partial charge on any atom is -0.460 e. The van der Waals surface area contributed by atoms with Crippen molar-refractivity contribution >= 4 is 12.1 Å². The lowest BCUT2D eigenvalue weighted by atomic mass is 9.46. The third kappa shape index (κ3) is 5.88. The number of carbonyl (C=O) groups is 2. The van der Waals surface area contributed by atoms with Gasteiger partial charge in [0, 0.05) is 18.6 Å². The topological polar surface area (TPSA) is 94.5 Å². The van der Waals surface area contributed by atoms with Crippen LogP contribution in [0.1, 0.15) is 147 Å². The van der Waals surface area contributed by atoms with Crippen LogP contribution in [0.15, 0.2) is 0 Å². The molecule has 0 bridgehead atoms. The summed E-state index contributed by atoms with van der Waals surface area (Å²) < 4.78 is 24.9. The smallest absolute Gasteiger partial charge is 0.411 e. The van der Waals surface area contributed by atoms with Gasteiger partial charge in [-0.25, -0.2) is 9.59 Å². The molecule has 8 nitrogen and oxygen atoms in total. The highest BCUT2D eigenvalue weighted by atomic mass is 16.6. The van der Waals surface area contributed by atoms with Gasteiger partial charge in [-0.2, -0.15) is 0 Å². The van der Waals surface area contributed by atoms with Crippen molar-refractivity contribution in [2.24, 2.45) is 45.3 Å². The van der Waals surface area contributed by atoms with E-state index in [1.165, 1.54) is 43.4 Å². The molecule has 0 aromatic rings. The molecule has 1 amide bonds. The van der Waals surface area contributed by atoms with E-state index in [0.29, 0.717) is 53.6 Å². The fourth-order valence-electron chi connectivity index (χ4n) is 13.0. The fraction of sp³-hybridized carbons (Fsp3) is 0.951. The molecule has 7 aliphatic rings. The number of likely N-dealkylation sites (tertiary alicyclic amines) is 1. The highest BCUT2D eigenvalue weighted by molar-refractivity contribution is 5.83. The van der Waals surface area contributed by atoms with Crippen LogP contribution in [0.25, 0.3) is 0 Å². The average Bonchev–Trinajstić information content (AvgIpc) is 3.56. The molecule has 12 atom stereocenters. The minimum absolute atomic E-state index is 0.0492. The van der Waals surface area contributed by atoms with Gasteiger partial charge >= 0.3 is 12.1 Å². The lowest BCUT2D eigenvalue weighted by Crippen LogP contribution is -2.59. The summed E-state index contributed by atoms with van der Waals surface area (Å²) in [5.41, 5.74) is -0.520. The second-order valence-electron chi connectivity index (χ2n) is 19.3. The number of hydrogen-bond donors (Lipinski definition) is 1. The molecular weight excluding hydrogens is 618 g/mol. The summed E-state index contributed by atoms with van der Waals surface area (Å²) in [6.45, 7) is 23.7. The van der Waals surface area contributed by atoms with Crippen molar-refractivity contribution in [3.8, 4) is 0 Å². The third-order valence-electron chi connectivity index (χ3n) is 15.1. The third-order valence-corrected chi connectivity index (χ3v) is 15.1. The summed E-state index contributed by atoms with van der Waals surface area (Å²) in [7, 11) is 0. The standard InChI is InChI=1S/C39H63NO7.C2H6/c1-10-44-31(36(7,8)43)27-13-11-24-28(45-27)21-25-23-12-14-29-35(5,6)30(15-17-39(29)22-38(23,39)19-18-37(24,25)9)46-32(41)26-16-20-40(26)33(42)47-34(2,3)4;1-2/h23-31,43H,10-22H2,1-9H3;1-2H3/t23-,24?,25?,26?,27?,28?,29?,30?,31?,37?,38?,39?;/m0./s1. The Labute approximate surface area is 297 Å². The van der Waals surface area contributed by atoms with Crippen LogP contribution in [0.5, 0.6) is 0 Å². The van der Waals surface area contributed by atoms with Gasteiger partial charge in [-0.15, -0.1) is 0 Å². The largest absolute Gasteiger partial charge is 0.460 e. The quantitative estimate of drug-likeness (QED) is 0.281. The van der Waals surface area contributed by atoms with Gasteiger partial charge in [0.1, 0.15) is 23.9 Å². The summed E-state index contributed by atoms with van der Waals surface area (Å²) in [5.74, 6) is 2.32. The second-order valence-corrected chi connectivity index (χ2v) is 19.3. The first-order chi connectivity index (χ1) is 22.9. The molecule has 5 saturated carbocycles. The Hall–Kier alpha value is -1.38. The zero-order valence-corrected chi connectivity index (χ0v) is 32.7. The van der Waals surface area contributed by atoms with E-state index in [1.54, 1.807) is 0 Å². The number of hydrogen-bond acceptors (Lipinski definition) is 7. The van der Waals surface area contributed by atoms with Gasteiger partial charge in [0.15, 0.2) is 0 Å². The van der Waals surface area contributed by atoms with Crippen LogP contribution in [0.4, 0.5) is 4.79 Å². The van der Waals surface area contributed by atoms with Gasteiger partial charge in [0.25, 0.3) is 0 Å². The maximum absolute atomic E-state index is 13.5. The average molecular weight is 688 g/mol. The molecule has 2 saturated heterocycles. The van der Waals surface area contributed by atoms with E-state index >= 15 is 0 Å². The van der Waals surface area contributed by atoms with Crippen molar-refractivity contribution in [2.45, 2.75) is 188 Å². The Bertz CT molecular complexity index is 1250. The van der Waals surface area contributed by atoms with Crippen LogP contribution in [-0.4, -0.2) is 76.9 Å². The molecule has 11 unspecified atom stereocenters. The van der Waals surface area contributed by atoms with Gasteiger partial charge < -0.3 is 24.1 Å². The van der Waals surface area contributed by atoms with Crippen molar-refractivity contribution in [3.63, 3.8) is 0 Å². The molecule has 49 heavy (non-hydrogen) atoms. The van der Waals surface area contributed by atoms with Crippen molar-refractivity contribution in [3.05, 3.63) is 0 Å². The van der Waals surface area contributed by atoms with Gasteiger partial charge in [0.2, 0.25) is 0 Å². The molecule has 0 radical (unpaired) electrons. The first-order valence-electron chi connectivity index (χ1n) is 20.1. The molecule has 7 fully saturated rings. The van der Waals surface area contributed by atoms with E-state index in [-0.39, 0.29) is 35.8 Å². The SMILES string of the molecule is CC.CCOC(C1CCC2C(CC3[C@@H]4CCC5C(C)(C)C(OC(=O)C6CCN6C(=O)OC(C)(C)C)CCC56CC46CCC23C)O1)C(C)(C)O. The van der Waals surface area contributed by atoms with Crippen LogP contribution >= 0.6 is 0 Å². The number of fused-ring (bicyclic) bond motifs is 4. The first-order valence-corrected chi connectivity index (χ1v) is 20.1. The second kappa shape index (κ2) is 12.6. The van der Waals surface area contributed by atoms with Crippen LogP contribution in [-0.2, 0) is 23.7 Å². The molecule has 0 aromatic heterocycles. The fourth-order valence-corrected chi connectivity index (χ4v) is 13.0. The summed E-state index contributed by atoms with van der Waals surface area (Å²) in [5, 5.41) is 10.9. The van der Waals surface area contributed by atoms with Gasteiger partial charge in [-0.1, -0.05) is 34.6 Å². The van der Waals surface area contributed by atoms with Crippen molar-refractivity contribution < 1.29 is 33.6 Å². The van der Waals surface area contributed by atoms with E-state index in [0.717, 1.165) is 31.6 Å². The van der Waals surface area contributed by atoms with E-state index in [1.807, 2.05) is 55.4 Å². The zero-order valence-electron chi connectivity index (χ0n) is 32.7. The number of nitrogens with zero attached hydrogens (tertiary/aromatic N) is 1. The molecule has 2 heterocycles. The maximum Gasteiger partial charge on any atom is 0.411 e. The molecule has 2 aliphatic heterocycles. The van der Waals surface area contributed by atoms with Crippen molar-refractivity contribution in [1.29, 1.82) is 0 Å². The summed E-state index contributed by atoms with van der Waals surface area (Å²) in [6, 6.07) is -0.532. The Morgan fingerprint density at radius 2 is 1.59 bits per heavy atom. The normalized spacial score (nSPS) is 43.9. The predicted octanol–water partition coefficient (Wildman–Crippen LogP) is 8.32. The molecule has 0 aromatic carbocycles. The maximum atomic E-state index is 13.5. The zero-order chi connectivity index (χ0) is 35.9. The van der Waals surface area contributed by atoms with Crippen molar-refractivity contribution in [2.75, 3.05) is 13.2 Å². The van der Waals surface area contributed by atoms with Crippen LogP contribution in [0.3, 0.4) is 0 Å². The highest BCUT2D eigenvalue weighted by Crippen LogP contribution is 2.87. The van der Waals surface area contributed by atoms with Gasteiger partial charge in [0.05, 0.1) is 17.8 Å². The lowest BCUT2D eigenvalue weighted by molar-refractivity contribution is -0.194. The predicted molar refractivity (Wildman–Crippen MR) is 190 cm³/mol. The summed E-state index contributed by atoms with van der Waals surface area (Å²) >= 11 is 0. The highest BCUT2D eigenvalue weighted by Gasteiger charge is 2.81. The van der Waals surface area contributed by atoms with E-state index in [9.17, 15) is 14.7 Å². The van der Waals surface area contributed by atoms with Gasteiger partial charge in [-0.05, 0) is 152 Å². The Morgan fingerprint density at radius 3 is 2.20 bits per heavy atom. The van der Waals surface area contributed by atoms with Gasteiger partial charge in [-0.3, -0.25) is 4.90 Å². The monoisotopic (exact) mass is 688 g/mol. The van der Waals surface area contributed by atoms with Crippen LogP contribution in [0, 0.1) is 45.3 Å². The molecule has 5 aliphatic carbocycles. The minimum atomic E-state index is -0.930. The molecular formula is C41H69NO7. The molecule has 1 N–H and O–H groups in total. The number of rotatable bonds is 6. The molecule has 280 valence electrons. The molecule has 8 heteroatoms. The Morgan fingerprint density at radius 1 is 0.898 bits per heavy atom. The number of esters is 1. The number of carbonyl (C=O) groups excluding carboxylic acids is 2. The number of aliphatic hydroxyl groups is 1. The van der Waals surface area contributed by atoms with E-state index in [4.69, 9.17) is 18.9 Å². The molecule has 2 spiro atoms. The van der Waals surface area contributed by atoms with E-state index < -0.39 is 23.3 Å². The van der Waals surface area contributed by atoms with E-state index in [2.05, 4.69) is 20.8 Å².